The summed E-state index contributed by atoms with van der Waals surface area (Å²) in [6.45, 7) is 3.69. The Kier molecular flexibility index (Phi) is 10.1. The second-order valence-electron chi connectivity index (χ2n) is 5.67. The van der Waals surface area contributed by atoms with Gasteiger partial charge in [-0.3, -0.25) is 0 Å². The first-order valence-electron chi connectivity index (χ1n) is 9.33. The predicted octanol–water partition coefficient (Wildman–Crippen LogP) is 5.03. The van der Waals surface area contributed by atoms with Gasteiger partial charge in [-0.25, -0.2) is 14.4 Å². The number of hydrogen-bond donors (Lipinski definition) is 2. The summed E-state index contributed by atoms with van der Waals surface area (Å²) in [5.41, 5.74) is 6.75. The molecule has 2 aromatic rings. The molecule has 0 spiro atoms. The number of ether oxygens (including phenoxy) is 1. The molecule has 0 atom stereocenters. The number of hydrogen-bond acceptors (Lipinski definition) is 5. The van der Waals surface area contributed by atoms with Crippen molar-refractivity contribution in [1.82, 2.24) is 4.98 Å². The standard InChI is InChI=1S/C19H20F3N5O.C2H6/c1-3-27(2)17-9-8-15(20)18(26-17)25-16(24)10-13(11-23)12-4-6-14(7-5-12)28-19(21)22;1-2/h4-11,19,23H,3H2,1-2H3,(H2,24,25,26);1-2H3/b13-10+,23-11?;. The molecule has 0 saturated heterocycles. The second kappa shape index (κ2) is 12.3. The van der Waals surface area contributed by atoms with E-state index < -0.39 is 12.4 Å². The lowest BCUT2D eigenvalue weighted by Crippen LogP contribution is -2.17. The maximum absolute atomic E-state index is 14.0. The summed E-state index contributed by atoms with van der Waals surface area (Å²) in [6, 6.07) is 8.48. The van der Waals surface area contributed by atoms with Crippen LogP contribution in [-0.4, -0.2) is 37.2 Å². The topological polar surface area (TPSA) is 87.6 Å². The highest BCUT2D eigenvalue weighted by molar-refractivity contribution is 6.15. The average molecular weight is 421 g/mol. The Morgan fingerprint density at radius 1 is 1.23 bits per heavy atom. The highest BCUT2D eigenvalue weighted by Crippen LogP contribution is 2.21. The molecule has 0 saturated carbocycles. The average Bonchev–Trinajstić information content (AvgIpc) is 2.74. The number of pyridine rings is 1. The van der Waals surface area contributed by atoms with Crippen molar-refractivity contribution in [2.45, 2.75) is 27.4 Å². The van der Waals surface area contributed by atoms with Crippen LogP contribution in [0.15, 0.2) is 47.5 Å². The van der Waals surface area contributed by atoms with Crippen LogP contribution in [0.1, 0.15) is 26.3 Å². The van der Waals surface area contributed by atoms with Crippen molar-refractivity contribution in [2.75, 3.05) is 18.5 Å². The molecule has 2 rings (SSSR count). The van der Waals surface area contributed by atoms with Crippen molar-refractivity contribution >= 4 is 29.3 Å². The number of aromatic nitrogens is 1. The largest absolute Gasteiger partial charge is 0.435 e. The van der Waals surface area contributed by atoms with Crippen molar-refractivity contribution in [3.63, 3.8) is 0 Å². The molecule has 1 aromatic heterocycles. The fourth-order valence-corrected chi connectivity index (χ4v) is 2.23. The Morgan fingerprint density at radius 2 is 1.87 bits per heavy atom. The van der Waals surface area contributed by atoms with E-state index in [0.29, 0.717) is 23.5 Å². The summed E-state index contributed by atoms with van der Waals surface area (Å²) >= 11 is 0. The number of allylic oxidation sites excluding steroid dienone is 1. The number of nitrogens with two attached hydrogens (primary N) is 1. The number of anilines is 1. The van der Waals surface area contributed by atoms with E-state index in [-0.39, 0.29) is 17.4 Å². The summed E-state index contributed by atoms with van der Waals surface area (Å²) in [5, 5.41) is 7.54. The van der Waals surface area contributed by atoms with Gasteiger partial charge in [-0.2, -0.15) is 8.78 Å². The summed E-state index contributed by atoms with van der Waals surface area (Å²) < 4.78 is 42.7. The SMILES string of the molecule is CC.CCN(C)c1ccc(F)c(/N=C(N)/C=C(\C=N)c2ccc(OC(F)F)cc2)n1. The van der Waals surface area contributed by atoms with Crippen LogP contribution in [0.3, 0.4) is 0 Å². The van der Waals surface area contributed by atoms with Gasteiger partial charge in [0.05, 0.1) is 0 Å². The van der Waals surface area contributed by atoms with Gasteiger partial charge in [0.15, 0.2) is 11.6 Å². The molecule has 162 valence electrons. The van der Waals surface area contributed by atoms with Crippen LogP contribution in [0.4, 0.5) is 24.8 Å². The molecule has 0 amide bonds. The first-order valence-corrected chi connectivity index (χ1v) is 9.33. The fourth-order valence-electron chi connectivity index (χ4n) is 2.23. The van der Waals surface area contributed by atoms with Gasteiger partial charge in [-0.05, 0) is 42.8 Å². The van der Waals surface area contributed by atoms with Crippen molar-refractivity contribution < 1.29 is 17.9 Å². The summed E-state index contributed by atoms with van der Waals surface area (Å²) in [7, 11) is 1.81. The molecule has 6 nitrogen and oxygen atoms in total. The van der Waals surface area contributed by atoms with Crippen LogP contribution >= 0.6 is 0 Å². The van der Waals surface area contributed by atoms with Crippen molar-refractivity contribution in [3.8, 4) is 5.75 Å². The lowest BCUT2D eigenvalue weighted by molar-refractivity contribution is -0.0498. The molecule has 30 heavy (non-hydrogen) atoms. The van der Waals surface area contributed by atoms with Crippen LogP contribution in [0.5, 0.6) is 5.75 Å². The lowest BCUT2D eigenvalue weighted by Gasteiger charge is -2.15. The van der Waals surface area contributed by atoms with Gasteiger partial charge in [-0.15, -0.1) is 0 Å². The van der Waals surface area contributed by atoms with E-state index in [1.807, 2.05) is 32.7 Å². The monoisotopic (exact) mass is 421 g/mol. The molecule has 0 unspecified atom stereocenters. The summed E-state index contributed by atoms with van der Waals surface area (Å²) in [5.74, 6) is -0.325. The van der Waals surface area contributed by atoms with Crippen LogP contribution in [-0.2, 0) is 0 Å². The lowest BCUT2D eigenvalue weighted by atomic mass is 10.1. The van der Waals surface area contributed by atoms with Crippen molar-refractivity contribution in [2.24, 2.45) is 10.7 Å². The molecule has 1 heterocycles. The second-order valence-corrected chi connectivity index (χ2v) is 5.67. The number of alkyl halides is 2. The fraction of sp³-hybridized carbons (Fsp3) is 0.286. The first kappa shape index (κ1) is 24.7. The zero-order valence-corrected chi connectivity index (χ0v) is 17.4. The molecule has 0 aliphatic heterocycles. The molecule has 0 bridgehead atoms. The Balaban J connectivity index is 0.00000218. The van der Waals surface area contributed by atoms with E-state index in [4.69, 9.17) is 11.1 Å². The van der Waals surface area contributed by atoms with Crippen LogP contribution in [0.25, 0.3) is 5.57 Å². The number of halogens is 3. The highest BCUT2D eigenvalue weighted by Gasteiger charge is 2.09. The van der Waals surface area contributed by atoms with E-state index in [1.165, 1.54) is 42.5 Å². The summed E-state index contributed by atoms with van der Waals surface area (Å²) in [6.07, 6.45) is 2.39. The van der Waals surface area contributed by atoms with E-state index in [0.717, 1.165) is 6.21 Å². The number of aliphatic imine (C=N–C) groups is 1. The molecular formula is C21H26F3N5O. The number of amidine groups is 1. The van der Waals surface area contributed by atoms with Crippen LogP contribution < -0.4 is 15.4 Å². The van der Waals surface area contributed by atoms with Crippen LogP contribution in [0.2, 0.25) is 0 Å². The van der Waals surface area contributed by atoms with E-state index in [2.05, 4.69) is 14.7 Å². The Morgan fingerprint density at radius 3 is 2.40 bits per heavy atom. The molecule has 1 aromatic carbocycles. The Labute approximate surface area is 174 Å². The third kappa shape index (κ3) is 7.23. The number of nitrogens with one attached hydrogen (secondary N) is 1. The third-order valence-corrected chi connectivity index (χ3v) is 3.78. The van der Waals surface area contributed by atoms with E-state index in [9.17, 15) is 13.2 Å². The smallest absolute Gasteiger partial charge is 0.387 e. The third-order valence-electron chi connectivity index (χ3n) is 3.78. The van der Waals surface area contributed by atoms with Gasteiger partial charge in [0.1, 0.15) is 17.4 Å². The minimum Gasteiger partial charge on any atom is -0.435 e. The minimum absolute atomic E-state index is 0.00662. The predicted molar refractivity (Wildman–Crippen MR) is 116 cm³/mol. The number of nitrogens with zero attached hydrogens (tertiary/aromatic N) is 3. The molecular weight excluding hydrogens is 395 g/mol. The van der Waals surface area contributed by atoms with Gasteiger partial charge < -0.3 is 20.8 Å². The molecule has 9 heteroatoms. The molecule has 0 fully saturated rings. The number of rotatable bonds is 8. The van der Waals surface area contributed by atoms with E-state index >= 15 is 0 Å². The van der Waals surface area contributed by atoms with Gasteiger partial charge in [-0.1, -0.05) is 26.0 Å². The van der Waals surface area contributed by atoms with Crippen molar-refractivity contribution in [1.29, 1.82) is 5.41 Å². The molecule has 3 N–H and O–H groups in total. The number of benzene rings is 1. The molecule has 0 aliphatic carbocycles. The molecule has 0 radical (unpaired) electrons. The van der Waals surface area contributed by atoms with Crippen LogP contribution in [0, 0.1) is 11.2 Å². The Hall–Kier alpha value is -3.36. The maximum atomic E-state index is 14.0. The first-order chi connectivity index (χ1) is 14.3. The van der Waals surface area contributed by atoms with Gasteiger partial charge in [0.25, 0.3) is 0 Å². The molecule has 0 aliphatic rings. The van der Waals surface area contributed by atoms with Gasteiger partial charge >= 0.3 is 6.61 Å². The van der Waals surface area contributed by atoms with Gasteiger partial charge in [0.2, 0.25) is 0 Å². The minimum atomic E-state index is -2.92. The Bertz CT molecular complexity index is 883. The quantitative estimate of drug-likeness (QED) is 0.462. The normalized spacial score (nSPS) is 11.6. The zero-order chi connectivity index (χ0) is 22.7. The van der Waals surface area contributed by atoms with Crippen molar-refractivity contribution in [3.05, 3.63) is 53.9 Å². The summed E-state index contributed by atoms with van der Waals surface area (Å²) in [4.78, 5) is 9.94. The highest BCUT2D eigenvalue weighted by atomic mass is 19.3. The maximum Gasteiger partial charge on any atom is 0.387 e. The zero-order valence-electron chi connectivity index (χ0n) is 17.4. The van der Waals surface area contributed by atoms with Gasteiger partial charge in [0, 0.05) is 25.4 Å². The van der Waals surface area contributed by atoms with E-state index in [1.54, 1.807) is 0 Å².